The van der Waals surface area contributed by atoms with Gasteiger partial charge in [-0.25, -0.2) is 0 Å². The molecule has 3 aliphatic rings. The summed E-state index contributed by atoms with van der Waals surface area (Å²) in [6.45, 7) is 6.47. The summed E-state index contributed by atoms with van der Waals surface area (Å²) in [5.41, 5.74) is -0.573. The third-order valence-corrected chi connectivity index (χ3v) is 3.31. The molecule has 3 heteroatoms. The van der Waals surface area contributed by atoms with Crippen LogP contribution < -0.4 is 0 Å². The molecule has 0 aromatic carbocycles. The van der Waals surface area contributed by atoms with E-state index in [9.17, 15) is 4.79 Å². The SMILES string of the molecule is [CH2]C1(COC)C(=O)C2CCN1CC2. The zero-order chi connectivity index (χ0) is 9.47. The summed E-state index contributed by atoms with van der Waals surface area (Å²) in [5.74, 6) is 0.532. The largest absolute Gasteiger partial charge is 0.382 e. The topological polar surface area (TPSA) is 29.5 Å². The highest BCUT2D eigenvalue weighted by atomic mass is 16.5. The quantitative estimate of drug-likeness (QED) is 0.623. The predicted octanol–water partition coefficient (Wildman–Crippen LogP) is 0.500. The van der Waals surface area contributed by atoms with Crippen LogP contribution in [0, 0.1) is 12.8 Å². The van der Waals surface area contributed by atoms with Gasteiger partial charge in [0.15, 0.2) is 5.78 Å². The molecule has 3 fully saturated rings. The fraction of sp³-hybridized carbons (Fsp3) is 0.800. The zero-order valence-corrected chi connectivity index (χ0v) is 8.08. The van der Waals surface area contributed by atoms with E-state index in [1.54, 1.807) is 7.11 Å². The highest BCUT2D eigenvalue weighted by Gasteiger charge is 2.49. The zero-order valence-electron chi connectivity index (χ0n) is 8.08. The maximum absolute atomic E-state index is 11.9. The number of rotatable bonds is 2. The average molecular weight is 182 g/mol. The maximum Gasteiger partial charge on any atom is 0.158 e. The molecule has 1 unspecified atom stereocenters. The number of piperidine rings is 3. The summed E-state index contributed by atoms with van der Waals surface area (Å²) < 4.78 is 5.08. The van der Waals surface area contributed by atoms with E-state index in [1.807, 2.05) is 0 Å². The number of hydrogen-bond acceptors (Lipinski definition) is 3. The Hall–Kier alpha value is -0.410. The van der Waals surface area contributed by atoms with Gasteiger partial charge in [0.1, 0.15) is 5.54 Å². The second kappa shape index (κ2) is 3.07. The number of methoxy groups -OCH3 is 1. The van der Waals surface area contributed by atoms with Crippen molar-refractivity contribution in [1.82, 2.24) is 4.90 Å². The highest BCUT2D eigenvalue weighted by molar-refractivity contribution is 5.93. The molecule has 3 aliphatic heterocycles. The Labute approximate surface area is 79.0 Å². The molecule has 3 rings (SSSR count). The number of ether oxygens (including phenoxy) is 1. The molecular formula is C10H16NO2. The monoisotopic (exact) mass is 182 g/mol. The fourth-order valence-corrected chi connectivity index (χ4v) is 2.51. The molecule has 0 N–H and O–H groups in total. The van der Waals surface area contributed by atoms with Crippen LogP contribution in [-0.4, -0.2) is 43.0 Å². The number of Topliss-reactive ketones (excluding diaryl/α,β-unsaturated/α-hetero) is 1. The first-order chi connectivity index (χ1) is 6.18. The Morgan fingerprint density at radius 1 is 1.62 bits per heavy atom. The Morgan fingerprint density at radius 3 is 2.69 bits per heavy atom. The summed E-state index contributed by atoms with van der Waals surface area (Å²) >= 11 is 0. The number of hydrogen-bond donors (Lipinski definition) is 0. The van der Waals surface area contributed by atoms with E-state index in [0.29, 0.717) is 6.61 Å². The van der Waals surface area contributed by atoms with E-state index in [4.69, 9.17) is 4.74 Å². The normalized spacial score (nSPS) is 44.0. The molecule has 3 heterocycles. The van der Waals surface area contributed by atoms with Gasteiger partial charge in [0.2, 0.25) is 0 Å². The van der Waals surface area contributed by atoms with Crippen molar-refractivity contribution in [3.8, 4) is 0 Å². The Balaban J connectivity index is 2.22. The van der Waals surface area contributed by atoms with Crippen LogP contribution in [0.4, 0.5) is 0 Å². The van der Waals surface area contributed by atoms with Crippen molar-refractivity contribution in [3.63, 3.8) is 0 Å². The van der Waals surface area contributed by atoms with Gasteiger partial charge in [0.05, 0.1) is 6.61 Å². The van der Waals surface area contributed by atoms with Crippen LogP contribution in [0.2, 0.25) is 0 Å². The molecule has 0 amide bonds. The molecule has 1 atom stereocenters. The van der Waals surface area contributed by atoms with Crippen molar-refractivity contribution in [2.75, 3.05) is 26.8 Å². The van der Waals surface area contributed by atoms with Crippen molar-refractivity contribution < 1.29 is 9.53 Å². The van der Waals surface area contributed by atoms with E-state index < -0.39 is 5.54 Å². The predicted molar refractivity (Wildman–Crippen MR) is 49.3 cm³/mol. The molecule has 0 aromatic heterocycles. The molecule has 0 saturated carbocycles. The van der Waals surface area contributed by atoms with Crippen molar-refractivity contribution in [2.24, 2.45) is 5.92 Å². The van der Waals surface area contributed by atoms with Gasteiger partial charge < -0.3 is 4.74 Å². The van der Waals surface area contributed by atoms with Crippen LogP contribution in [0.1, 0.15) is 12.8 Å². The van der Waals surface area contributed by atoms with E-state index in [2.05, 4.69) is 11.8 Å². The Kier molecular flexibility index (Phi) is 2.16. The first-order valence-electron chi connectivity index (χ1n) is 4.82. The van der Waals surface area contributed by atoms with Crippen molar-refractivity contribution >= 4 is 5.78 Å². The van der Waals surface area contributed by atoms with Gasteiger partial charge in [-0.3, -0.25) is 9.69 Å². The van der Waals surface area contributed by atoms with Gasteiger partial charge in [0, 0.05) is 13.0 Å². The number of carbonyl (C=O) groups is 1. The molecule has 3 nitrogen and oxygen atoms in total. The minimum Gasteiger partial charge on any atom is -0.382 e. The molecule has 3 saturated heterocycles. The Bertz CT molecular complexity index is 221. The average Bonchev–Trinajstić information content (AvgIpc) is 2.15. The lowest BCUT2D eigenvalue weighted by Gasteiger charge is -2.50. The minimum absolute atomic E-state index is 0.248. The van der Waals surface area contributed by atoms with Crippen LogP contribution in [0.3, 0.4) is 0 Å². The lowest BCUT2D eigenvalue weighted by atomic mass is 9.74. The first-order valence-corrected chi connectivity index (χ1v) is 4.82. The van der Waals surface area contributed by atoms with Crippen LogP contribution >= 0.6 is 0 Å². The van der Waals surface area contributed by atoms with Crippen molar-refractivity contribution in [3.05, 3.63) is 6.92 Å². The van der Waals surface area contributed by atoms with Crippen molar-refractivity contribution in [1.29, 1.82) is 0 Å². The molecule has 2 bridgehead atoms. The van der Waals surface area contributed by atoms with E-state index in [1.165, 1.54) is 0 Å². The molecule has 0 aromatic rings. The summed E-state index contributed by atoms with van der Waals surface area (Å²) in [5, 5.41) is 0. The molecule has 73 valence electrons. The van der Waals surface area contributed by atoms with E-state index in [-0.39, 0.29) is 11.7 Å². The number of carbonyl (C=O) groups excluding carboxylic acids is 1. The second-order valence-electron chi connectivity index (χ2n) is 4.09. The third kappa shape index (κ3) is 1.22. The van der Waals surface area contributed by atoms with Crippen LogP contribution in [0.15, 0.2) is 0 Å². The van der Waals surface area contributed by atoms with Crippen LogP contribution in [-0.2, 0) is 9.53 Å². The number of nitrogens with zero attached hydrogens (tertiary/aromatic N) is 1. The summed E-state index contributed by atoms with van der Waals surface area (Å²) in [4.78, 5) is 14.1. The second-order valence-corrected chi connectivity index (χ2v) is 4.09. The van der Waals surface area contributed by atoms with Crippen molar-refractivity contribution in [2.45, 2.75) is 18.4 Å². The first kappa shape index (κ1) is 9.16. The van der Waals surface area contributed by atoms with Gasteiger partial charge >= 0.3 is 0 Å². The minimum atomic E-state index is -0.573. The van der Waals surface area contributed by atoms with E-state index in [0.717, 1.165) is 25.9 Å². The summed E-state index contributed by atoms with van der Waals surface area (Å²) in [6.07, 6.45) is 2.03. The number of ketones is 1. The summed E-state index contributed by atoms with van der Waals surface area (Å²) in [7, 11) is 1.63. The van der Waals surface area contributed by atoms with Gasteiger partial charge in [-0.2, -0.15) is 0 Å². The van der Waals surface area contributed by atoms with Crippen LogP contribution in [0.25, 0.3) is 0 Å². The highest BCUT2D eigenvalue weighted by Crippen LogP contribution is 2.35. The van der Waals surface area contributed by atoms with E-state index >= 15 is 0 Å². The van der Waals surface area contributed by atoms with Gasteiger partial charge in [-0.05, 0) is 32.9 Å². The maximum atomic E-state index is 11.9. The third-order valence-electron chi connectivity index (χ3n) is 3.31. The summed E-state index contributed by atoms with van der Waals surface area (Å²) in [6, 6.07) is 0. The van der Waals surface area contributed by atoms with Crippen LogP contribution in [0.5, 0.6) is 0 Å². The molecular weight excluding hydrogens is 166 g/mol. The molecule has 0 aliphatic carbocycles. The molecule has 1 radical (unpaired) electrons. The van der Waals surface area contributed by atoms with Gasteiger partial charge in [-0.15, -0.1) is 0 Å². The fourth-order valence-electron chi connectivity index (χ4n) is 2.51. The lowest BCUT2D eigenvalue weighted by molar-refractivity contribution is -0.147. The smallest absolute Gasteiger partial charge is 0.158 e. The Morgan fingerprint density at radius 2 is 2.23 bits per heavy atom. The van der Waals surface area contributed by atoms with Gasteiger partial charge in [-0.1, -0.05) is 0 Å². The lowest BCUT2D eigenvalue weighted by Crippen LogP contribution is -2.65. The molecule has 13 heavy (non-hydrogen) atoms. The van der Waals surface area contributed by atoms with Gasteiger partial charge in [0.25, 0.3) is 0 Å². The number of fused-ring (bicyclic) bond motifs is 3. The standard InChI is InChI=1S/C10H16NO2/c1-10(7-13-2)9(12)8-3-5-11(10)6-4-8/h8H,1,3-7H2,2H3. The molecule has 0 spiro atoms.